The number of rotatable bonds is 2. The summed E-state index contributed by atoms with van der Waals surface area (Å²) < 4.78 is 1.95. The zero-order chi connectivity index (χ0) is 18.4. The van der Waals surface area contributed by atoms with Crippen molar-refractivity contribution in [1.29, 1.82) is 0 Å². The first-order valence-corrected chi connectivity index (χ1v) is 8.77. The Balaban J connectivity index is 1.87. The first-order chi connectivity index (χ1) is 13.2. The lowest BCUT2D eigenvalue weighted by Gasteiger charge is -2.09. The van der Waals surface area contributed by atoms with E-state index < -0.39 is 0 Å². The molecule has 0 saturated heterocycles. The van der Waals surface area contributed by atoms with Crippen molar-refractivity contribution in [2.45, 2.75) is 0 Å². The molecule has 27 heavy (non-hydrogen) atoms. The van der Waals surface area contributed by atoms with Crippen LogP contribution in [0.3, 0.4) is 0 Å². The fourth-order valence-electron chi connectivity index (χ4n) is 3.23. The lowest BCUT2D eigenvalue weighted by Crippen LogP contribution is -1.96. The number of hydrogen-bond donors (Lipinski definition) is 1. The molecule has 0 aliphatic heterocycles. The largest absolute Gasteiger partial charge is 0.508 e. The Morgan fingerprint density at radius 1 is 0.815 bits per heavy atom. The number of pyridine rings is 2. The Hall–Kier alpha value is -3.44. The molecule has 0 spiro atoms. The summed E-state index contributed by atoms with van der Waals surface area (Å²) in [6, 6.07) is 20.5. The Labute approximate surface area is 159 Å². The molecule has 5 aromatic rings. The van der Waals surface area contributed by atoms with Crippen molar-refractivity contribution >= 4 is 28.3 Å². The van der Waals surface area contributed by atoms with Gasteiger partial charge in [0.2, 0.25) is 0 Å². The van der Waals surface area contributed by atoms with Gasteiger partial charge in [-0.2, -0.15) is 0 Å². The van der Waals surface area contributed by atoms with Gasteiger partial charge in [-0.05, 0) is 60.2 Å². The van der Waals surface area contributed by atoms with E-state index in [4.69, 9.17) is 11.6 Å². The third-order valence-corrected chi connectivity index (χ3v) is 4.77. The summed E-state index contributed by atoms with van der Waals surface area (Å²) in [5.41, 5.74) is 4.29. The van der Waals surface area contributed by atoms with Gasteiger partial charge in [0.25, 0.3) is 0 Å². The molecule has 2 aromatic carbocycles. The number of fused-ring (bicyclic) bond motifs is 3. The van der Waals surface area contributed by atoms with E-state index in [2.05, 4.69) is 21.2 Å². The maximum atomic E-state index is 9.59. The Kier molecular flexibility index (Phi) is 3.55. The fraction of sp³-hybridized carbons (Fsp3) is 0. The minimum atomic E-state index is 0.206. The molecular formula is C21H13ClN4O. The van der Waals surface area contributed by atoms with Crippen molar-refractivity contribution in [3.8, 4) is 28.3 Å². The van der Waals surface area contributed by atoms with E-state index in [0.29, 0.717) is 16.5 Å². The molecule has 0 aliphatic rings. The zero-order valence-corrected chi connectivity index (χ0v) is 14.8. The van der Waals surface area contributed by atoms with Gasteiger partial charge < -0.3 is 5.11 Å². The predicted octanol–water partition coefficient (Wildman–Crippen LogP) is 4.97. The van der Waals surface area contributed by atoms with Gasteiger partial charge in [-0.15, -0.1) is 10.2 Å². The van der Waals surface area contributed by atoms with Crippen molar-refractivity contribution in [2.24, 2.45) is 0 Å². The van der Waals surface area contributed by atoms with Gasteiger partial charge in [0.15, 0.2) is 11.5 Å². The van der Waals surface area contributed by atoms with Crippen molar-refractivity contribution in [1.82, 2.24) is 19.6 Å². The molecular weight excluding hydrogens is 360 g/mol. The molecule has 0 bridgehead atoms. The van der Waals surface area contributed by atoms with Crippen LogP contribution >= 0.6 is 11.6 Å². The lowest BCUT2D eigenvalue weighted by molar-refractivity contribution is 0.475. The van der Waals surface area contributed by atoms with E-state index >= 15 is 0 Å². The number of aromatic nitrogens is 4. The number of halogens is 1. The summed E-state index contributed by atoms with van der Waals surface area (Å²) in [7, 11) is 0. The van der Waals surface area contributed by atoms with Crippen LogP contribution in [-0.4, -0.2) is 24.7 Å². The maximum absolute atomic E-state index is 9.59. The van der Waals surface area contributed by atoms with E-state index in [1.54, 1.807) is 18.3 Å². The van der Waals surface area contributed by atoms with Gasteiger partial charge in [0, 0.05) is 27.7 Å². The predicted molar refractivity (Wildman–Crippen MR) is 106 cm³/mol. The van der Waals surface area contributed by atoms with Crippen LogP contribution in [0, 0.1) is 0 Å². The van der Waals surface area contributed by atoms with Gasteiger partial charge in [0.1, 0.15) is 11.4 Å². The standard InChI is InChI=1S/C21H13ClN4O/c22-16-7-3-13(4-8-16)18-12-15-2-1-11-23-19(15)26-20(24-25-21(18)26)14-5-9-17(27)10-6-14/h1-12,27H. The minimum absolute atomic E-state index is 0.206. The molecule has 0 radical (unpaired) electrons. The van der Waals surface area contributed by atoms with Crippen molar-refractivity contribution in [3.63, 3.8) is 0 Å². The van der Waals surface area contributed by atoms with Crippen LogP contribution in [0.15, 0.2) is 72.9 Å². The molecule has 0 amide bonds. The number of benzene rings is 2. The SMILES string of the molecule is Oc1ccc(-c2nnc3c(-c4ccc(Cl)cc4)cc4cccnc4n23)cc1. The average molecular weight is 373 g/mol. The highest BCUT2D eigenvalue weighted by atomic mass is 35.5. The molecule has 0 aliphatic carbocycles. The number of hydrogen-bond acceptors (Lipinski definition) is 4. The molecule has 0 atom stereocenters. The molecule has 0 saturated carbocycles. The molecule has 130 valence electrons. The first-order valence-electron chi connectivity index (χ1n) is 8.39. The smallest absolute Gasteiger partial charge is 0.170 e. The van der Waals surface area contributed by atoms with Crippen molar-refractivity contribution in [3.05, 3.63) is 77.9 Å². The summed E-state index contributed by atoms with van der Waals surface area (Å²) in [6.45, 7) is 0. The second-order valence-corrected chi connectivity index (χ2v) is 6.65. The topological polar surface area (TPSA) is 63.3 Å². The molecule has 1 N–H and O–H groups in total. The van der Waals surface area contributed by atoms with Gasteiger partial charge in [-0.3, -0.25) is 4.40 Å². The second-order valence-electron chi connectivity index (χ2n) is 6.21. The molecule has 0 fully saturated rings. The molecule has 6 heteroatoms. The number of aromatic hydroxyl groups is 1. The molecule has 5 nitrogen and oxygen atoms in total. The summed E-state index contributed by atoms with van der Waals surface area (Å²) in [5, 5.41) is 20.1. The Morgan fingerprint density at radius 2 is 1.56 bits per heavy atom. The first kappa shape index (κ1) is 15.8. The monoisotopic (exact) mass is 372 g/mol. The van der Waals surface area contributed by atoms with Gasteiger partial charge in [-0.1, -0.05) is 23.7 Å². The van der Waals surface area contributed by atoms with Crippen LogP contribution in [0.25, 0.3) is 39.2 Å². The molecule has 0 unspecified atom stereocenters. The summed E-state index contributed by atoms with van der Waals surface area (Å²) >= 11 is 6.05. The zero-order valence-electron chi connectivity index (χ0n) is 14.0. The Morgan fingerprint density at radius 3 is 2.33 bits per heavy atom. The molecule has 3 aromatic heterocycles. The van der Waals surface area contributed by atoms with Crippen molar-refractivity contribution in [2.75, 3.05) is 0 Å². The number of nitrogens with zero attached hydrogens (tertiary/aromatic N) is 4. The fourth-order valence-corrected chi connectivity index (χ4v) is 3.35. The second kappa shape index (κ2) is 6.07. The molecule has 3 heterocycles. The highest BCUT2D eigenvalue weighted by Gasteiger charge is 2.16. The Bertz CT molecular complexity index is 1280. The van der Waals surface area contributed by atoms with Crippen LogP contribution in [0.2, 0.25) is 5.02 Å². The van der Waals surface area contributed by atoms with Crippen LogP contribution in [0.5, 0.6) is 5.75 Å². The third-order valence-electron chi connectivity index (χ3n) is 4.51. The quantitative estimate of drug-likeness (QED) is 0.475. The van der Waals surface area contributed by atoms with Crippen LogP contribution in [0.4, 0.5) is 0 Å². The summed E-state index contributed by atoms with van der Waals surface area (Å²) in [4.78, 5) is 4.55. The van der Waals surface area contributed by atoms with Crippen LogP contribution in [0.1, 0.15) is 0 Å². The highest BCUT2D eigenvalue weighted by Crippen LogP contribution is 2.32. The number of phenols is 1. The van der Waals surface area contributed by atoms with Crippen LogP contribution < -0.4 is 0 Å². The summed E-state index contributed by atoms with van der Waals surface area (Å²) in [5.74, 6) is 0.877. The minimum Gasteiger partial charge on any atom is -0.508 e. The number of phenolic OH excluding ortho intramolecular Hbond substituents is 1. The van der Waals surface area contributed by atoms with E-state index in [-0.39, 0.29) is 5.75 Å². The summed E-state index contributed by atoms with van der Waals surface area (Å²) in [6.07, 6.45) is 1.75. The average Bonchev–Trinajstić information content (AvgIpc) is 3.14. The highest BCUT2D eigenvalue weighted by molar-refractivity contribution is 6.30. The lowest BCUT2D eigenvalue weighted by atomic mass is 10.1. The van der Waals surface area contributed by atoms with Gasteiger partial charge in [-0.25, -0.2) is 4.98 Å². The van der Waals surface area contributed by atoms with Crippen molar-refractivity contribution < 1.29 is 5.11 Å². The van der Waals surface area contributed by atoms with Gasteiger partial charge >= 0.3 is 0 Å². The third kappa shape index (κ3) is 2.60. The van der Waals surface area contributed by atoms with E-state index in [9.17, 15) is 5.11 Å². The maximum Gasteiger partial charge on any atom is 0.170 e. The van der Waals surface area contributed by atoms with E-state index in [1.807, 2.05) is 52.9 Å². The van der Waals surface area contributed by atoms with Gasteiger partial charge in [0.05, 0.1) is 0 Å². The van der Waals surface area contributed by atoms with Crippen LogP contribution in [-0.2, 0) is 0 Å². The normalized spacial score (nSPS) is 11.3. The molecule has 5 rings (SSSR count). The van der Waals surface area contributed by atoms with E-state index in [1.165, 1.54) is 0 Å². The van der Waals surface area contributed by atoms with E-state index in [0.717, 1.165) is 27.7 Å².